The van der Waals surface area contributed by atoms with Gasteiger partial charge in [-0.05, 0) is 68.4 Å². The maximum atomic E-state index is 11.6. The number of rotatable bonds is 4. The summed E-state index contributed by atoms with van der Waals surface area (Å²) < 4.78 is 0. The summed E-state index contributed by atoms with van der Waals surface area (Å²) in [5, 5.41) is 13.2. The van der Waals surface area contributed by atoms with Crippen LogP contribution in [0.4, 0.5) is 0 Å². The molecule has 1 fully saturated rings. The highest BCUT2D eigenvalue weighted by Crippen LogP contribution is 2.30. The quantitative estimate of drug-likeness (QED) is 0.875. The van der Waals surface area contributed by atoms with E-state index in [0.717, 1.165) is 29.5 Å². The lowest BCUT2D eigenvalue weighted by Crippen LogP contribution is -2.30. The zero-order chi connectivity index (χ0) is 14.2. The molecule has 1 saturated carbocycles. The Kier molecular flexibility index (Phi) is 3.95. The molecule has 3 nitrogen and oxygen atoms in total. The molecule has 0 saturated heterocycles. The van der Waals surface area contributed by atoms with Crippen molar-refractivity contribution < 1.29 is 9.90 Å². The van der Waals surface area contributed by atoms with Gasteiger partial charge in [-0.25, -0.2) is 0 Å². The first-order chi connectivity index (χ1) is 8.91. The fraction of sp³-hybridized carbons (Fsp3) is 0.562. The van der Waals surface area contributed by atoms with Crippen molar-refractivity contribution in [2.45, 2.75) is 46.6 Å². The van der Waals surface area contributed by atoms with Crippen molar-refractivity contribution in [3.05, 3.63) is 33.9 Å². The first-order valence-corrected chi connectivity index (χ1v) is 6.95. The van der Waals surface area contributed by atoms with E-state index in [-0.39, 0.29) is 11.8 Å². The maximum Gasteiger partial charge on any atom is 0.223 e. The van der Waals surface area contributed by atoms with E-state index in [9.17, 15) is 9.90 Å². The molecule has 2 N–H and O–H groups in total. The highest BCUT2D eigenvalue weighted by Gasteiger charge is 2.29. The lowest BCUT2D eigenvalue weighted by molar-refractivity contribution is -0.122. The summed E-state index contributed by atoms with van der Waals surface area (Å²) in [6.45, 7) is 8.48. The minimum atomic E-state index is -0.624. The predicted molar refractivity (Wildman–Crippen MR) is 76.1 cm³/mol. The number of carbonyl (C=O) groups excluding carboxylic acids is 1. The molecule has 0 aliphatic heterocycles. The molecular weight excluding hydrogens is 238 g/mol. The van der Waals surface area contributed by atoms with Crippen molar-refractivity contribution in [1.82, 2.24) is 5.32 Å². The van der Waals surface area contributed by atoms with Crippen LogP contribution < -0.4 is 5.32 Å². The molecule has 1 unspecified atom stereocenters. The van der Waals surface area contributed by atoms with Crippen LogP contribution in [0.25, 0.3) is 0 Å². The van der Waals surface area contributed by atoms with Gasteiger partial charge in [0.25, 0.3) is 0 Å². The van der Waals surface area contributed by atoms with Crippen LogP contribution in [0.15, 0.2) is 6.07 Å². The molecule has 0 aromatic heterocycles. The molecular formula is C16H23NO2. The van der Waals surface area contributed by atoms with Crippen LogP contribution >= 0.6 is 0 Å². The number of amides is 1. The summed E-state index contributed by atoms with van der Waals surface area (Å²) in [4.78, 5) is 11.6. The fourth-order valence-corrected chi connectivity index (χ4v) is 2.54. The topological polar surface area (TPSA) is 49.3 Å². The number of nitrogens with one attached hydrogen (secondary N) is 1. The number of aliphatic hydroxyl groups excluding tert-OH is 1. The van der Waals surface area contributed by atoms with Crippen LogP contribution in [0.2, 0.25) is 0 Å². The number of benzene rings is 1. The van der Waals surface area contributed by atoms with Gasteiger partial charge < -0.3 is 10.4 Å². The first-order valence-electron chi connectivity index (χ1n) is 6.95. The van der Waals surface area contributed by atoms with E-state index in [4.69, 9.17) is 0 Å². The second-order valence-electron chi connectivity index (χ2n) is 5.71. The van der Waals surface area contributed by atoms with E-state index < -0.39 is 6.10 Å². The van der Waals surface area contributed by atoms with E-state index in [1.807, 2.05) is 13.8 Å². The van der Waals surface area contributed by atoms with Crippen LogP contribution in [0.1, 0.15) is 46.8 Å². The van der Waals surface area contributed by atoms with Gasteiger partial charge in [0, 0.05) is 12.5 Å². The third-order valence-corrected chi connectivity index (χ3v) is 4.18. The van der Waals surface area contributed by atoms with Gasteiger partial charge in [0.2, 0.25) is 5.91 Å². The molecule has 2 rings (SSSR count). The van der Waals surface area contributed by atoms with Crippen LogP contribution in [-0.2, 0) is 4.79 Å². The normalized spacial score (nSPS) is 16.3. The molecule has 1 aromatic rings. The Labute approximate surface area is 115 Å². The van der Waals surface area contributed by atoms with Gasteiger partial charge in [0.1, 0.15) is 0 Å². The summed E-state index contributed by atoms with van der Waals surface area (Å²) >= 11 is 0. The summed E-state index contributed by atoms with van der Waals surface area (Å²) in [5.41, 5.74) is 5.58. The van der Waals surface area contributed by atoms with Gasteiger partial charge in [-0.15, -0.1) is 0 Å². The first kappa shape index (κ1) is 14.1. The zero-order valence-corrected chi connectivity index (χ0v) is 12.2. The van der Waals surface area contributed by atoms with Crippen molar-refractivity contribution in [3.8, 4) is 0 Å². The summed E-state index contributed by atoms with van der Waals surface area (Å²) in [7, 11) is 0. The highest BCUT2D eigenvalue weighted by atomic mass is 16.3. The van der Waals surface area contributed by atoms with Gasteiger partial charge in [-0.1, -0.05) is 6.07 Å². The average Bonchev–Trinajstić information content (AvgIpc) is 3.18. The third-order valence-electron chi connectivity index (χ3n) is 4.18. The van der Waals surface area contributed by atoms with E-state index in [2.05, 4.69) is 25.2 Å². The van der Waals surface area contributed by atoms with Crippen molar-refractivity contribution >= 4 is 5.91 Å². The molecule has 19 heavy (non-hydrogen) atoms. The molecule has 104 valence electrons. The number of aliphatic hydroxyl groups is 1. The standard InChI is InChI=1S/C16H23NO2/c1-9-7-10(2)12(4)15(11(9)3)14(18)8-17-16(19)13-5-6-13/h7,13-14,18H,5-6,8H2,1-4H3,(H,17,19). The van der Waals surface area contributed by atoms with E-state index in [1.165, 1.54) is 11.1 Å². The van der Waals surface area contributed by atoms with Crippen LogP contribution in [0.5, 0.6) is 0 Å². The van der Waals surface area contributed by atoms with E-state index in [0.29, 0.717) is 6.54 Å². The molecule has 1 atom stereocenters. The van der Waals surface area contributed by atoms with Gasteiger partial charge in [-0.2, -0.15) is 0 Å². The SMILES string of the molecule is Cc1cc(C)c(C)c(C(O)CNC(=O)C2CC2)c1C. The van der Waals surface area contributed by atoms with Gasteiger partial charge >= 0.3 is 0 Å². The maximum absolute atomic E-state index is 11.6. The minimum absolute atomic E-state index is 0.0822. The Bertz CT molecular complexity index is 478. The Balaban J connectivity index is 2.13. The summed E-state index contributed by atoms with van der Waals surface area (Å²) in [5.74, 6) is 0.271. The number of hydrogen-bond acceptors (Lipinski definition) is 2. The summed E-state index contributed by atoms with van der Waals surface area (Å²) in [6.07, 6.45) is 1.36. The van der Waals surface area contributed by atoms with Crippen molar-refractivity contribution in [1.29, 1.82) is 0 Å². The number of aryl methyl sites for hydroxylation is 2. The molecule has 1 aliphatic carbocycles. The lowest BCUT2D eigenvalue weighted by atomic mass is 9.91. The molecule has 3 heteroatoms. The minimum Gasteiger partial charge on any atom is -0.387 e. The van der Waals surface area contributed by atoms with Crippen LogP contribution in [-0.4, -0.2) is 17.6 Å². The Morgan fingerprint density at radius 2 is 1.79 bits per heavy atom. The molecule has 0 bridgehead atoms. The molecule has 1 amide bonds. The Morgan fingerprint density at radius 1 is 1.26 bits per heavy atom. The predicted octanol–water partition coefficient (Wildman–Crippen LogP) is 2.48. The smallest absolute Gasteiger partial charge is 0.223 e. The fourth-order valence-electron chi connectivity index (χ4n) is 2.54. The summed E-state index contributed by atoms with van der Waals surface area (Å²) in [6, 6.07) is 2.14. The lowest BCUT2D eigenvalue weighted by Gasteiger charge is -2.20. The average molecular weight is 261 g/mol. The van der Waals surface area contributed by atoms with Crippen LogP contribution in [0.3, 0.4) is 0 Å². The van der Waals surface area contributed by atoms with Gasteiger partial charge in [0.05, 0.1) is 6.10 Å². The second kappa shape index (κ2) is 5.33. The van der Waals surface area contributed by atoms with Crippen molar-refractivity contribution in [2.75, 3.05) is 6.54 Å². The van der Waals surface area contributed by atoms with E-state index >= 15 is 0 Å². The Hall–Kier alpha value is -1.35. The molecule has 0 radical (unpaired) electrons. The van der Waals surface area contributed by atoms with Crippen LogP contribution in [0, 0.1) is 33.6 Å². The van der Waals surface area contributed by atoms with Gasteiger partial charge in [-0.3, -0.25) is 4.79 Å². The zero-order valence-electron chi connectivity index (χ0n) is 12.2. The second-order valence-corrected chi connectivity index (χ2v) is 5.71. The van der Waals surface area contributed by atoms with Crippen molar-refractivity contribution in [2.24, 2.45) is 5.92 Å². The largest absolute Gasteiger partial charge is 0.387 e. The highest BCUT2D eigenvalue weighted by molar-refractivity contribution is 5.80. The molecule has 0 spiro atoms. The molecule has 1 aliphatic rings. The Morgan fingerprint density at radius 3 is 2.26 bits per heavy atom. The van der Waals surface area contributed by atoms with Crippen molar-refractivity contribution in [3.63, 3.8) is 0 Å². The molecule has 0 heterocycles. The monoisotopic (exact) mass is 261 g/mol. The third kappa shape index (κ3) is 2.98. The number of carbonyl (C=O) groups is 1. The van der Waals surface area contributed by atoms with Gasteiger partial charge in [0.15, 0.2) is 0 Å². The molecule has 1 aromatic carbocycles. The number of hydrogen-bond donors (Lipinski definition) is 2. The van der Waals surface area contributed by atoms with E-state index in [1.54, 1.807) is 0 Å².